The fourth-order valence-electron chi connectivity index (χ4n) is 1.84. The summed E-state index contributed by atoms with van der Waals surface area (Å²) in [5.74, 6) is -2.28. The highest BCUT2D eigenvalue weighted by Crippen LogP contribution is 2.28. The molecule has 0 spiro atoms. The molecule has 0 saturated heterocycles. The molecule has 0 fully saturated rings. The number of benzene rings is 2. The van der Waals surface area contributed by atoms with Crippen molar-refractivity contribution in [2.24, 2.45) is 0 Å². The Morgan fingerprint density at radius 1 is 0.769 bits per heavy atom. The molecule has 0 atom stereocenters. The van der Waals surface area contributed by atoms with Gasteiger partial charge in [0, 0.05) is 23.5 Å². The standard InChI is InChI=1S/C14H8Cl2N4O6/c15-9-3-1-7(5-11(9)19(23)24)17-13(21)14(22)18-8-2-4-10(16)12(6-8)20(25)26/h1-6H,(H,17,21)(H,18,22). The molecular formula is C14H8Cl2N4O6. The minimum Gasteiger partial charge on any atom is -0.318 e. The van der Waals surface area contributed by atoms with Crippen molar-refractivity contribution >= 4 is 57.8 Å². The molecule has 2 rings (SSSR count). The monoisotopic (exact) mass is 398 g/mol. The van der Waals surface area contributed by atoms with E-state index in [4.69, 9.17) is 23.2 Å². The molecular weight excluding hydrogens is 391 g/mol. The van der Waals surface area contributed by atoms with E-state index in [0.717, 1.165) is 12.1 Å². The van der Waals surface area contributed by atoms with Crippen LogP contribution in [0.2, 0.25) is 10.0 Å². The zero-order valence-corrected chi connectivity index (χ0v) is 14.1. The number of rotatable bonds is 4. The molecule has 2 N–H and O–H groups in total. The van der Waals surface area contributed by atoms with E-state index in [-0.39, 0.29) is 21.4 Å². The highest BCUT2D eigenvalue weighted by atomic mass is 35.5. The Balaban J connectivity index is 2.12. The van der Waals surface area contributed by atoms with Crippen molar-refractivity contribution in [3.8, 4) is 0 Å². The lowest BCUT2D eigenvalue weighted by Crippen LogP contribution is -2.29. The summed E-state index contributed by atoms with van der Waals surface area (Å²) in [6, 6.07) is 6.90. The van der Waals surface area contributed by atoms with Gasteiger partial charge < -0.3 is 10.6 Å². The van der Waals surface area contributed by atoms with Crippen molar-refractivity contribution in [2.75, 3.05) is 10.6 Å². The smallest absolute Gasteiger partial charge is 0.314 e. The summed E-state index contributed by atoms with van der Waals surface area (Å²) in [6.07, 6.45) is 0. The number of anilines is 2. The second-order valence-corrected chi connectivity index (χ2v) is 5.57. The maximum atomic E-state index is 11.9. The van der Waals surface area contributed by atoms with Crippen LogP contribution in [-0.4, -0.2) is 21.7 Å². The van der Waals surface area contributed by atoms with Gasteiger partial charge in [-0.15, -0.1) is 0 Å². The Bertz CT molecular complexity index is 858. The second kappa shape index (κ2) is 7.76. The Morgan fingerprint density at radius 3 is 1.42 bits per heavy atom. The van der Waals surface area contributed by atoms with Crippen molar-refractivity contribution in [3.63, 3.8) is 0 Å². The number of carbonyl (C=O) groups excluding carboxylic acids is 2. The van der Waals surface area contributed by atoms with Gasteiger partial charge in [0.05, 0.1) is 9.85 Å². The lowest BCUT2D eigenvalue weighted by atomic mass is 10.2. The fourth-order valence-corrected chi connectivity index (χ4v) is 2.21. The third kappa shape index (κ3) is 4.43. The van der Waals surface area contributed by atoms with Gasteiger partial charge in [0.25, 0.3) is 11.4 Å². The van der Waals surface area contributed by atoms with Gasteiger partial charge in [0.1, 0.15) is 10.0 Å². The van der Waals surface area contributed by atoms with Gasteiger partial charge in [-0.1, -0.05) is 23.2 Å². The van der Waals surface area contributed by atoms with Gasteiger partial charge in [-0.05, 0) is 24.3 Å². The van der Waals surface area contributed by atoms with E-state index in [1.165, 1.54) is 24.3 Å². The van der Waals surface area contributed by atoms with Crippen molar-refractivity contribution in [2.45, 2.75) is 0 Å². The van der Waals surface area contributed by atoms with E-state index in [2.05, 4.69) is 10.6 Å². The molecule has 10 nitrogen and oxygen atoms in total. The molecule has 2 aromatic rings. The van der Waals surface area contributed by atoms with Crippen LogP contribution in [0, 0.1) is 20.2 Å². The van der Waals surface area contributed by atoms with Crippen LogP contribution in [0.25, 0.3) is 0 Å². The molecule has 0 aliphatic rings. The van der Waals surface area contributed by atoms with Crippen LogP contribution in [0.3, 0.4) is 0 Å². The molecule has 0 aromatic heterocycles. The maximum absolute atomic E-state index is 11.9. The van der Waals surface area contributed by atoms with Crippen LogP contribution >= 0.6 is 23.2 Å². The molecule has 0 aliphatic carbocycles. The number of nitro groups is 2. The van der Waals surface area contributed by atoms with E-state index in [1.54, 1.807) is 0 Å². The topological polar surface area (TPSA) is 144 Å². The molecule has 0 bridgehead atoms. The second-order valence-electron chi connectivity index (χ2n) is 4.75. The summed E-state index contributed by atoms with van der Waals surface area (Å²) in [5, 5.41) is 25.7. The van der Waals surface area contributed by atoms with Crippen molar-refractivity contribution in [1.29, 1.82) is 0 Å². The number of nitrogens with zero attached hydrogens (tertiary/aromatic N) is 2. The summed E-state index contributed by atoms with van der Waals surface area (Å²) < 4.78 is 0. The summed E-state index contributed by atoms with van der Waals surface area (Å²) >= 11 is 11.3. The Labute approximate surface area is 155 Å². The Kier molecular flexibility index (Phi) is 5.70. The summed E-state index contributed by atoms with van der Waals surface area (Å²) in [6.45, 7) is 0. The number of nitrogens with one attached hydrogen (secondary N) is 2. The average Bonchev–Trinajstić information content (AvgIpc) is 2.57. The van der Waals surface area contributed by atoms with Crippen LogP contribution in [0.4, 0.5) is 22.7 Å². The first kappa shape index (κ1) is 19.1. The first-order valence-corrected chi connectivity index (χ1v) is 7.45. The van der Waals surface area contributed by atoms with E-state index in [9.17, 15) is 29.8 Å². The SMILES string of the molecule is O=C(Nc1ccc(Cl)c([N+](=O)[O-])c1)C(=O)Nc1ccc(Cl)c([N+](=O)[O-])c1. The highest BCUT2D eigenvalue weighted by Gasteiger charge is 2.19. The first-order chi connectivity index (χ1) is 12.2. The third-order valence-corrected chi connectivity index (χ3v) is 3.65. The van der Waals surface area contributed by atoms with Gasteiger partial charge in [-0.25, -0.2) is 0 Å². The van der Waals surface area contributed by atoms with Crippen molar-refractivity contribution < 1.29 is 19.4 Å². The number of halogens is 2. The van der Waals surface area contributed by atoms with Crippen LogP contribution in [0.5, 0.6) is 0 Å². The van der Waals surface area contributed by atoms with E-state index in [1.807, 2.05) is 0 Å². The largest absolute Gasteiger partial charge is 0.318 e. The zero-order valence-electron chi connectivity index (χ0n) is 12.6. The lowest BCUT2D eigenvalue weighted by molar-refractivity contribution is -0.384. The number of carbonyl (C=O) groups is 2. The maximum Gasteiger partial charge on any atom is 0.314 e. The predicted octanol–water partition coefficient (Wildman–Crippen LogP) is 3.39. The van der Waals surface area contributed by atoms with E-state index < -0.39 is 33.0 Å². The molecule has 0 unspecified atom stereocenters. The molecule has 2 aromatic carbocycles. The number of nitro benzene ring substituents is 2. The number of hydrogen-bond donors (Lipinski definition) is 2. The van der Waals surface area contributed by atoms with Gasteiger partial charge in [0.2, 0.25) is 0 Å². The molecule has 134 valence electrons. The van der Waals surface area contributed by atoms with E-state index >= 15 is 0 Å². The molecule has 12 heteroatoms. The third-order valence-electron chi connectivity index (χ3n) is 3.01. The first-order valence-electron chi connectivity index (χ1n) is 6.69. The quantitative estimate of drug-likeness (QED) is 0.458. The van der Waals surface area contributed by atoms with E-state index in [0.29, 0.717) is 0 Å². The molecule has 26 heavy (non-hydrogen) atoms. The highest BCUT2D eigenvalue weighted by molar-refractivity contribution is 6.43. The zero-order chi connectivity index (χ0) is 19.4. The summed E-state index contributed by atoms with van der Waals surface area (Å²) in [7, 11) is 0. The molecule has 0 heterocycles. The van der Waals surface area contributed by atoms with Gasteiger partial charge in [0.15, 0.2) is 0 Å². The minimum absolute atomic E-state index is 0.0247. The van der Waals surface area contributed by atoms with Crippen molar-refractivity contribution in [3.05, 3.63) is 66.7 Å². The normalized spacial score (nSPS) is 10.1. The fraction of sp³-hybridized carbons (Fsp3) is 0. The summed E-state index contributed by atoms with van der Waals surface area (Å²) in [4.78, 5) is 43.9. The van der Waals surface area contributed by atoms with Crippen molar-refractivity contribution in [1.82, 2.24) is 0 Å². The predicted molar refractivity (Wildman–Crippen MR) is 93.5 cm³/mol. The number of hydrogen-bond acceptors (Lipinski definition) is 6. The number of amides is 2. The van der Waals surface area contributed by atoms with Gasteiger partial charge in [-0.3, -0.25) is 29.8 Å². The molecule has 0 radical (unpaired) electrons. The molecule has 2 amide bonds. The lowest BCUT2D eigenvalue weighted by Gasteiger charge is -2.07. The minimum atomic E-state index is -1.14. The van der Waals surface area contributed by atoms with Crippen LogP contribution in [0.15, 0.2) is 36.4 Å². The van der Waals surface area contributed by atoms with Crippen LogP contribution in [0.1, 0.15) is 0 Å². The Hall–Kier alpha value is -3.24. The molecule has 0 saturated carbocycles. The Morgan fingerprint density at radius 2 is 1.12 bits per heavy atom. The van der Waals surface area contributed by atoms with Gasteiger partial charge >= 0.3 is 11.8 Å². The van der Waals surface area contributed by atoms with Gasteiger partial charge in [-0.2, -0.15) is 0 Å². The van der Waals surface area contributed by atoms with Crippen LogP contribution < -0.4 is 10.6 Å². The average molecular weight is 399 g/mol. The summed E-state index contributed by atoms with van der Waals surface area (Å²) in [5.41, 5.74) is -0.942. The molecule has 0 aliphatic heterocycles. The van der Waals surface area contributed by atoms with Crippen LogP contribution in [-0.2, 0) is 9.59 Å².